The molecule has 78 valence electrons. The quantitative estimate of drug-likeness (QED) is 0.789. The van der Waals surface area contributed by atoms with Gasteiger partial charge >= 0.3 is 0 Å². The SMILES string of the molecule is CCc1ccc2[nH]c(C)c(Cl)c(=O)c2c1. The summed E-state index contributed by atoms with van der Waals surface area (Å²) in [5, 5.41) is 0.959. The lowest BCUT2D eigenvalue weighted by molar-refractivity contribution is 1.14. The van der Waals surface area contributed by atoms with Crippen LogP contribution >= 0.6 is 11.6 Å². The van der Waals surface area contributed by atoms with Crippen LogP contribution in [0.25, 0.3) is 10.9 Å². The molecule has 1 aromatic heterocycles. The number of H-pyrrole nitrogens is 1. The van der Waals surface area contributed by atoms with Crippen molar-refractivity contribution in [2.24, 2.45) is 0 Å². The number of pyridine rings is 1. The number of aromatic nitrogens is 1. The summed E-state index contributed by atoms with van der Waals surface area (Å²) in [6.07, 6.45) is 0.918. The number of hydrogen-bond acceptors (Lipinski definition) is 1. The van der Waals surface area contributed by atoms with Crippen molar-refractivity contribution in [2.75, 3.05) is 0 Å². The molecule has 0 aliphatic carbocycles. The average molecular weight is 222 g/mol. The molecule has 0 atom stereocenters. The van der Waals surface area contributed by atoms with Crippen molar-refractivity contribution < 1.29 is 0 Å². The fraction of sp³-hybridized carbons (Fsp3) is 0.250. The molecule has 0 amide bonds. The van der Waals surface area contributed by atoms with Gasteiger partial charge < -0.3 is 4.98 Å². The highest BCUT2D eigenvalue weighted by atomic mass is 35.5. The molecule has 2 nitrogen and oxygen atoms in total. The second kappa shape index (κ2) is 3.70. The van der Waals surface area contributed by atoms with E-state index in [1.54, 1.807) is 6.92 Å². The van der Waals surface area contributed by atoms with E-state index in [-0.39, 0.29) is 10.5 Å². The molecule has 0 aliphatic heterocycles. The lowest BCUT2D eigenvalue weighted by Crippen LogP contribution is -2.06. The maximum atomic E-state index is 11.9. The van der Waals surface area contributed by atoms with E-state index in [2.05, 4.69) is 11.9 Å². The summed E-state index contributed by atoms with van der Waals surface area (Å²) in [5.74, 6) is 0. The molecule has 1 aromatic carbocycles. The predicted molar refractivity (Wildman–Crippen MR) is 63.7 cm³/mol. The van der Waals surface area contributed by atoms with Crippen molar-refractivity contribution >= 4 is 22.5 Å². The Morgan fingerprint density at radius 2 is 2.13 bits per heavy atom. The Balaban J connectivity index is 2.88. The fourth-order valence-corrected chi connectivity index (χ4v) is 1.80. The third-order valence-corrected chi connectivity index (χ3v) is 3.04. The summed E-state index contributed by atoms with van der Waals surface area (Å²) < 4.78 is 0. The maximum Gasteiger partial charge on any atom is 0.208 e. The number of nitrogens with one attached hydrogen (secondary N) is 1. The van der Waals surface area contributed by atoms with Gasteiger partial charge in [-0.05, 0) is 31.0 Å². The molecule has 0 bridgehead atoms. The van der Waals surface area contributed by atoms with Crippen LogP contribution < -0.4 is 5.43 Å². The second-order valence-corrected chi connectivity index (χ2v) is 4.00. The van der Waals surface area contributed by atoms with Gasteiger partial charge in [-0.2, -0.15) is 0 Å². The van der Waals surface area contributed by atoms with Crippen LogP contribution in [0, 0.1) is 6.92 Å². The number of fused-ring (bicyclic) bond motifs is 1. The van der Waals surface area contributed by atoms with Crippen molar-refractivity contribution in [3.8, 4) is 0 Å². The van der Waals surface area contributed by atoms with Crippen molar-refractivity contribution in [1.29, 1.82) is 0 Å². The highest BCUT2D eigenvalue weighted by Crippen LogP contribution is 2.16. The zero-order valence-corrected chi connectivity index (χ0v) is 9.48. The van der Waals surface area contributed by atoms with Crippen molar-refractivity contribution in [3.05, 3.63) is 44.7 Å². The molecule has 0 radical (unpaired) electrons. The first-order valence-corrected chi connectivity index (χ1v) is 5.32. The summed E-state index contributed by atoms with van der Waals surface area (Å²) in [6.45, 7) is 3.86. The summed E-state index contributed by atoms with van der Waals surface area (Å²) in [4.78, 5) is 15.0. The van der Waals surface area contributed by atoms with Crippen LogP contribution in [-0.2, 0) is 6.42 Å². The normalized spacial score (nSPS) is 10.9. The summed E-state index contributed by atoms with van der Waals surface area (Å²) in [6, 6.07) is 5.85. The minimum absolute atomic E-state index is 0.0850. The molecular weight excluding hydrogens is 210 g/mol. The van der Waals surface area contributed by atoms with Crippen LogP contribution in [0.15, 0.2) is 23.0 Å². The van der Waals surface area contributed by atoms with Gasteiger partial charge in [0, 0.05) is 16.6 Å². The Morgan fingerprint density at radius 3 is 2.80 bits per heavy atom. The third-order valence-electron chi connectivity index (χ3n) is 2.59. The first-order valence-electron chi connectivity index (χ1n) is 4.94. The zero-order chi connectivity index (χ0) is 11.0. The summed E-state index contributed by atoms with van der Waals surface area (Å²) in [7, 11) is 0. The van der Waals surface area contributed by atoms with Gasteiger partial charge in [0.2, 0.25) is 5.43 Å². The average Bonchev–Trinajstić information content (AvgIpc) is 2.26. The van der Waals surface area contributed by atoms with E-state index < -0.39 is 0 Å². The van der Waals surface area contributed by atoms with E-state index in [0.717, 1.165) is 23.2 Å². The molecule has 0 aliphatic rings. The highest BCUT2D eigenvalue weighted by Gasteiger charge is 2.06. The van der Waals surface area contributed by atoms with Crippen LogP contribution in [0.2, 0.25) is 5.02 Å². The molecule has 15 heavy (non-hydrogen) atoms. The standard InChI is InChI=1S/C12H12ClNO/c1-3-8-4-5-10-9(6-8)12(15)11(13)7(2)14-10/h4-6H,3H2,1-2H3,(H,14,15). The van der Waals surface area contributed by atoms with Gasteiger partial charge in [0.25, 0.3) is 0 Å². The Hall–Kier alpha value is -1.28. The maximum absolute atomic E-state index is 11.9. The number of halogens is 1. The van der Waals surface area contributed by atoms with Crippen LogP contribution in [-0.4, -0.2) is 4.98 Å². The summed E-state index contributed by atoms with van der Waals surface area (Å²) in [5.41, 5.74) is 2.63. The molecule has 1 heterocycles. The number of benzene rings is 1. The molecule has 1 N–H and O–H groups in total. The van der Waals surface area contributed by atoms with Crippen LogP contribution in [0.5, 0.6) is 0 Å². The van der Waals surface area contributed by atoms with Crippen LogP contribution in [0.1, 0.15) is 18.2 Å². The first kappa shape index (κ1) is 10.2. The molecule has 0 unspecified atom stereocenters. The van der Waals surface area contributed by atoms with Gasteiger partial charge in [-0.3, -0.25) is 4.79 Å². The largest absolute Gasteiger partial charge is 0.357 e. The van der Waals surface area contributed by atoms with E-state index in [4.69, 9.17) is 11.6 Å². The second-order valence-electron chi connectivity index (χ2n) is 3.63. The first-order chi connectivity index (χ1) is 7.13. The molecule has 3 heteroatoms. The van der Waals surface area contributed by atoms with E-state index in [0.29, 0.717) is 5.39 Å². The Bertz CT molecular complexity index is 572. The lowest BCUT2D eigenvalue weighted by atomic mass is 10.1. The molecule has 2 rings (SSSR count). The Kier molecular flexibility index (Phi) is 2.53. The van der Waals surface area contributed by atoms with Gasteiger partial charge in [0.05, 0.1) is 0 Å². The molecule has 0 saturated heterocycles. The summed E-state index contributed by atoms with van der Waals surface area (Å²) >= 11 is 5.91. The topological polar surface area (TPSA) is 32.9 Å². The third kappa shape index (κ3) is 1.65. The lowest BCUT2D eigenvalue weighted by Gasteiger charge is -2.04. The highest BCUT2D eigenvalue weighted by molar-refractivity contribution is 6.31. The number of hydrogen-bond donors (Lipinski definition) is 1. The van der Waals surface area contributed by atoms with E-state index in [1.165, 1.54) is 0 Å². The van der Waals surface area contributed by atoms with Crippen LogP contribution in [0.3, 0.4) is 0 Å². The van der Waals surface area contributed by atoms with Gasteiger partial charge in [0.15, 0.2) is 0 Å². The zero-order valence-electron chi connectivity index (χ0n) is 8.73. The van der Waals surface area contributed by atoms with Gasteiger partial charge in [-0.15, -0.1) is 0 Å². The molecular formula is C12H12ClNO. The van der Waals surface area contributed by atoms with Crippen LogP contribution in [0.4, 0.5) is 0 Å². The monoisotopic (exact) mass is 221 g/mol. The van der Waals surface area contributed by atoms with Crippen molar-refractivity contribution in [2.45, 2.75) is 20.3 Å². The Labute approximate surface area is 92.9 Å². The predicted octanol–water partition coefficient (Wildman–Crippen LogP) is 3.05. The van der Waals surface area contributed by atoms with Crippen molar-refractivity contribution in [3.63, 3.8) is 0 Å². The van der Waals surface area contributed by atoms with E-state index >= 15 is 0 Å². The van der Waals surface area contributed by atoms with Crippen molar-refractivity contribution in [1.82, 2.24) is 4.98 Å². The molecule has 0 spiro atoms. The number of aryl methyl sites for hydroxylation is 2. The molecule has 2 aromatic rings. The number of aromatic amines is 1. The smallest absolute Gasteiger partial charge is 0.208 e. The molecule has 0 fully saturated rings. The van der Waals surface area contributed by atoms with E-state index in [9.17, 15) is 4.79 Å². The van der Waals surface area contributed by atoms with Gasteiger partial charge in [0.1, 0.15) is 5.02 Å². The van der Waals surface area contributed by atoms with E-state index in [1.807, 2.05) is 18.2 Å². The molecule has 0 saturated carbocycles. The van der Waals surface area contributed by atoms with Gasteiger partial charge in [-0.1, -0.05) is 24.6 Å². The number of rotatable bonds is 1. The Morgan fingerprint density at radius 1 is 1.40 bits per heavy atom. The minimum atomic E-state index is -0.0850. The minimum Gasteiger partial charge on any atom is -0.357 e. The van der Waals surface area contributed by atoms with Gasteiger partial charge in [-0.25, -0.2) is 0 Å². The fourth-order valence-electron chi connectivity index (χ4n) is 1.65.